The van der Waals surface area contributed by atoms with Gasteiger partial charge in [0.2, 0.25) is 0 Å². The topological polar surface area (TPSA) is 82.0 Å². The van der Waals surface area contributed by atoms with Gasteiger partial charge in [0.05, 0.1) is 7.11 Å². The first kappa shape index (κ1) is 18.1. The Kier molecular flexibility index (Phi) is 6.59. The number of aldehydes is 1. The number of aliphatic imine (C=N–C) groups is 1. The standard InChI is InChI=1S/C19H17NO5/c1-24-18(22)17(11-15-8-5-9-16(10-15)12-21)20-19(23)25-13-14-6-3-2-4-7-14/h2-10,12H,11,13H2,1H3. The lowest BCUT2D eigenvalue weighted by Gasteiger charge is -2.06. The van der Waals surface area contributed by atoms with Crippen molar-refractivity contribution in [1.82, 2.24) is 0 Å². The average Bonchev–Trinajstić information content (AvgIpc) is 2.66. The van der Waals surface area contributed by atoms with Gasteiger partial charge >= 0.3 is 12.1 Å². The molecule has 0 aliphatic heterocycles. The summed E-state index contributed by atoms with van der Waals surface area (Å²) in [5, 5.41) is 0. The van der Waals surface area contributed by atoms with Crippen LogP contribution < -0.4 is 0 Å². The highest BCUT2D eigenvalue weighted by Crippen LogP contribution is 2.07. The minimum absolute atomic E-state index is 0.0504. The molecule has 0 spiro atoms. The fourth-order valence-electron chi connectivity index (χ4n) is 2.11. The molecule has 6 heteroatoms. The van der Waals surface area contributed by atoms with Crippen molar-refractivity contribution in [3.05, 3.63) is 71.3 Å². The summed E-state index contributed by atoms with van der Waals surface area (Å²) in [5.74, 6) is -0.729. The van der Waals surface area contributed by atoms with Gasteiger partial charge in [-0.15, -0.1) is 0 Å². The third-order valence-corrected chi connectivity index (χ3v) is 3.31. The van der Waals surface area contributed by atoms with Gasteiger partial charge in [0.25, 0.3) is 0 Å². The molecule has 0 bridgehead atoms. The van der Waals surface area contributed by atoms with Crippen LogP contribution in [0.2, 0.25) is 0 Å². The number of hydrogen-bond acceptors (Lipinski definition) is 5. The van der Waals surface area contributed by atoms with Crippen LogP contribution in [0.4, 0.5) is 4.79 Å². The number of nitrogens with zero attached hydrogens (tertiary/aromatic N) is 1. The van der Waals surface area contributed by atoms with Crippen molar-refractivity contribution >= 4 is 24.1 Å². The van der Waals surface area contributed by atoms with E-state index >= 15 is 0 Å². The molecular weight excluding hydrogens is 322 g/mol. The maximum Gasteiger partial charge on any atom is 0.434 e. The van der Waals surface area contributed by atoms with Gasteiger partial charge in [0.1, 0.15) is 18.6 Å². The molecule has 0 saturated heterocycles. The summed E-state index contributed by atoms with van der Waals surface area (Å²) < 4.78 is 9.70. The molecule has 0 radical (unpaired) electrons. The van der Waals surface area contributed by atoms with E-state index in [0.29, 0.717) is 17.4 Å². The molecule has 0 aliphatic carbocycles. The van der Waals surface area contributed by atoms with Gasteiger partial charge in [-0.2, -0.15) is 4.99 Å². The molecule has 2 rings (SSSR count). The van der Waals surface area contributed by atoms with Gasteiger partial charge in [0.15, 0.2) is 0 Å². The van der Waals surface area contributed by atoms with Crippen molar-refractivity contribution in [3.63, 3.8) is 0 Å². The van der Waals surface area contributed by atoms with Gasteiger partial charge < -0.3 is 9.47 Å². The van der Waals surface area contributed by atoms with Crippen molar-refractivity contribution in [2.24, 2.45) is 4.99 Å². The second kappa shape index (κ2) is 9.12. The van der Waals surface area contributed by atoms with Crippen LogP contribution in [0.5, 0.6) is 0 Å². The second-order valence-electron chi connectivity index (χ2n) is 5.13. The molecule has 0 unspecified atom stereocenters. The minimum Gasteiger partial charge on any atom is -0.465 e. The molecule has 0 heterocycles. The van der Waals surface area contributed by atoms with Crippen molar-refractivity contribution in [3.8, 4) is 0 Å². The Morgan fingerprint density at radius 2 is 1.76 bits per heavy atom. The minimum atomic E-state index is -0.879. The molecule has 0 saturated carbocycles. The van der Waals surface area contributed by atoms with Crippen LogP contribution in [-0.2, 0) is 27.3 Å². The number of methoxy groups -OCH3 is 1. The van der Waals surface area contributed by atoms with Gasteiger partial charge in [0, 0.05) is 12.0 Å². The summed E-state index contributed by atoms with van der Waals surface area (Å²) in [5.41, 5.74) is 1.84. The quantitative estimate of drug-likeness (QED) is 0.459. The summed E-state index contributed by atoms with van der Waals surface area (Å²) >= 11 is 0. The number of rotatable bonds is 6. The predicted molar refractivity (Wildman–Crippen MR) is 91.6 cm³/mol. The predicted octanol–water partition coefficient (Wildman–Crippen LogP) is 2.99. The lowest BCUT2D eigenvalue weighted by Crippen LogP contribution is -2.20. The highest BCUT2D eigenvalue weighted by molar-refractivity contribution is 6.38. The number of carbonyl (C=O) groups is 3. The molecule has 6 nitrogen and oxygen atoms in total. The SMILES string of the molecule is COC(=O)C(Cc1cccc(C=O)c1)=NC(=O)OCc1ccccc1. The van der Waals surface area contributed by atoms with E-state index in [0.717, 1.165) is 5.56 Å². The summed E-state index contributed by atoms with van der Waals surface area (Å²) in [6.07, 6.45) is -0.128. The molecule has 0 atom stereocenters. The third-order valence-electron chi connectivity index (χ3n) is 3.31. The van der Waals surface area contributed by atoms with Crippen molar-refractivity contribution in [2.75, 3.05) is 7.11 Å². The summed E-state index contributed by atoms with van der Waals surface area (Å²) in [6.45, 7) is 0.0538. The number of hydrogen-bond donors (Lipinski definition) is 0. The van der Waals surface area contributed by atoms with E-state index in [4.69, 9.17) is 4.74 Å². The average molecular weight is 339 g/mol. The maximum absolute atomic E-state index is 11.9. The number of ether oxygens (including phenoxy) is 2. The lowest BCUT2D eigenvalue weighted by atomic mass is 10.1. The fraction of sp³-hybridized carbons (Fsp3) is 0.158. The number of esters is 1. The largest absolute Gasteiger partial charge is 0.465 e. The van der Waals surface area contributed by atoms with E-state index in [-0.39, 0.29) is 18.7 Å². The molecule has 0 fully saturated rings. The molecule has 0 N–H and O–H groups in total. The molecular formula is C19H17NO5. The van der Waals surface area contributed by atoms with Crippen LogP contribution >= 0.6 is 0 Å². The third kappa shape index (κ3) is 5.69. The van der Waals surface area contributed by atoms with Crippen LogP contribution in [0.3, 0.4) is 0 Å². The zero-order valence-corrected chi connectivity index (χ0v) is 13.7. The van der Waals surface area contributed by atoms with E-state index < -0.39 is 12.1 Å². The van der Waals surface area contributed by atoms with E-state index in [1.165, 1.54) is 7.11 Å². The summed E-state index contributed by atoms with van der Waals surface area (Å²) in [7, 11) is 1.20. The summed E-state index contributed by atoms with van der Waals surface area (Å²) in [6, 6.07) is 15.8. The van der Waals surface area contributed by atoms with Gasteiger partial charge in [-0.1, -0.05) is 48.5 Å². The Hall–Kier alpha value is -3.28. The van der Waals surface area contributed by atoms with Crippen molar-refractivity contribution < 1.29 is 23.9 Å². The van der Waals surface area contributed by atoms with Crippen LogP contribution in [0.25, 0.3) is 0 Å². The number of carbonyl (C=O) groups excluding carboxylic acids is 3. The number of amides is 1. The van der Waals surface area contributed by atoms with Crippen molar-refractivity contribution in [2.45, 2.75) is 13.0 Å². The molecule has 1 amide bonds. The highest BCUT2D eigenvalue weighted by Gasteiger charge is 2.16. The molecule has 0 aliphatic rings. The van der Waals surface area contributed by atoms with E-state index in [1.807, 2.05) is 30.3 Å². The van der Waals surface area contributed by atoms with Crippen molar-refractivity contribution in [1.29, 1.82) is 0 Å². The van der Waals surface area contributed by atoms with Gasteiger partial charge in [-0.25, -0.2) is 9.59 Å². The van der Waals surface area contributed by atoms with Crippen LogP contribution in [0, 0.1) is 0 Å². The van der Waals surface area contributed by atoms with E-state index in [9.17, 15) is 14.4 Å². The van der Waals surface area contributed by atoms with E-state index in [2.05, 4.69) is 9.73 Å². The number of benzene rings is 2. The smallest absolute Gasteiger partial charge is 0.434 e. The Morgan fingerprint density at radius 1 is 1.04 bits per heavy atom. The summed E-state index contributed by atoms with van der Waals surface area (Å²) in [4.78, 5) is 38.3. The Labute approximate surface area is 145 Å². The molecule has 2 aromatic rings. The first-order valence-electron chi connectivity index (χ1n) is 7.53. The first-order valence-corrected chi connectivity index (χ1v) is 7.53. The van der Waals surface area contributed by atoms with Gasteiger partial charge in [-0.05, 0) is 17.2 Å². The monoisotopic (exact) mass is 339 g/mol. The zero-order valence-electron chi connectivity index (χ0n) is 13.7. The molecule has 128 valence electrons. The lowest BCUT2D eigenvalue weighted by molar-refractivity contribution is -0.132. The van der Waals surface area contributed by atoms with Gasteiger partial charge in [-0.3, -0.25) is 4.79 Å². The van der Waals surface area contributed by atoms with Crippen LogP contribution in [0.1, 0.15) is 21.5 Å². The first-order chi connectivity index (χ1) is 12.1. The normalized spacial score (nSPS) is 10.8. The molecule has 25 heavy (non-hydrogen) atoms. The zero-order chi connectivity index (χ0) is 18.1. The fourth-order valence-corrected chi connectivity index (χ4v) is 2.11. The molecule has 2 aromatic carbocycles. The van der Waals surface area contributed by atoms with Crippen LogP contribution in [0.15, 0.2) is 59.6 Å². The Balaban J connectivity index is 2.09. The molecule has 0 aromatic heterocycles. The Morgan fingerprint density at radius 3 is 2.44 bits per heavy atom. The highest BCUT2D eigenvalue weighted by atomic mass is 16.5. The Bertz CT molecular complexity index is 783. The maximum atomic E-state index is 11.9. The van der Waals surface area contributed by atoms with Crippen LogP contribution in [-0.4, -0.2) is 31.2 Å². The second-order valence-corrected chi connectivity index (χ2v) is 5.13. The van der Waals surface area contributed by atoms with E-state index in [1.54, 1.807) is 24.3 Å².